The molecule has 2 fully saturated rings. The molecule has 1 aliphatic heterocycles. The minimum Gasteiger partial charge on any atom is -0.433 e. The van der Waals surface area contributed by atoms with Gasteiger partial charge in [0.05, 0.1) is 5.69 Å². The molecule has 1 atom stereocenters. The van der Waals surface area contributed by atoms with Gasteiger partial charge >= 0.3 is 6.61 Å². The number of ether oxygens (including phenoxy) is 1. The van der Waals surface area contributed by atoms with Crippen molar-refractivity contribution in [3.63, 3.8) is 0 Å². The van der Waals surface area contributed by atoms with Crippen molar-refractivity contribution in [2.45, 2.75) is 57.6 Å². The van der Waals surface area contributed by atoms with E-state index in [9.17, 15) is 18.4 Å². The van der Waals surface area contributed by atoms with E-state index in [2.05, 4.69) is 15.4 Å². The van der Waals surface area contributed by atoms with Crippen LogP contribution in [0.4, 0.5) is 14.5 Å². The van der Waals surface area contributed by atoms with Crippen LogP contribution in [0.5, 0.6) is 5.75 Å². The SMILES string of the molecule is O=C(CCNC(=O)C1CCCCC1)NC1CCN(c2ccccc2OC(F)F)C1. The average Bonchev–Trinajstić information content (AvgIpc) is 3.16. The van der Waals surface area contributed by atoms with Crippen molar-refractivity contribution in [3.05, 3.63) is 24.3 Å². The molecule has 0 aromatic heterocycles. The van der Waals surface area contributed by atoms with Crippen molar-refractivity contribution in [2.75, 3.05) is 24.5 Å². The summed E-state index contributed by atoms with van der Waals surface area (Å²) >= 11 is 0. The largest absolute Gasteiger partial charge is 0.433 e. The Morgan fingerprint density at radius 1 is 1.14 bits per heavy atom. The Morgan fingerprint density at radius 2 is 1.90 bits per heavy atom. The number of amides is 2. The van der Waals surface area contributed by atoms with E-state index in [-0.39, 0.29) is 35.9 Å². The van der Waals surface area contributed by atoms with Crippen molar-refractivity contribution in [1.29, 1.82) is 0 Å². The van der Waals surface area contributed by atoms with Crippen molar-refractivity contribution in [1.82, 2.24) is 10.6 Å². The number of halogens is 2. The van der Waals surface area contributed by atoms with E-state index in [0.29, 0.717) is 25.3 Å². The normalized spacial score (nSPS) is 20.0. The highest BCUT2D eigenvalue weighted by atomic mass is 19.3. The zero-order valence-electron chi connectivity index (χ0n) is 16.5. The summed E-state index contributed by atoms with van der Waals surface area (Å²) in [5, 5.41) is 5.84. The van der Waals surface area contributed by atoms with Crippen LogP contribution in [0.1, 0.15) is 44.9 Å². The summed E-state index contributed by atoms with van der Waals surface area (Å²) in [4.78, 5) is 26.3. The zero-order chi connectivity index (χ0) is 20.6. The first-order valence-corrected chi connectivity index (χ1v) is 10.4. The molecule has 0 radical (unpaired) electrons. The highest BCUT2D eigenvalue weighted by molar-refractivity contribution is 5.80. The molecule has 0 spiro atoms. The van der Waals surface area contributed by atoms with Gasteiger partial charge in [-0.15, -0.1) is 0 Å². The standard InChI is InChI=1S/C21H29F2N3O3/c22-21(23)29-18-9-5-4-8-17(18)26-13-11-16(14-26)25-19(27)10-12-24-20(28)15-6-2-1-3-7-15/h4-5,8-9,15-16,21H,1-3,6-7,10-14H2,(H,24,28)(H,25,27). The Labute approximate surface area is 170 Å². The number of alkyl halides is 2. The molecule has 1 aliphatic carbocycles. The summed E-state index contributed by atoms with van der Waals surface area (Å²) in [7, 11) is 0. The van der Waals surface area contributed by atoms with Crippen LogP contribution in [-0.4, -0.2) is 44.1 Å². The van der Waals surface area contributed by atoms with Crippen LogP contribution < -0.4 is 20.3 Å². The maximum atomic E-state index is 12.6. The predicted octanol–water partition coefficient (Wildman–Crippen LogP) is 3.07. The first kappa shape index (κ1) is 21.3. The maximum Gasteiger partial charge on any atom is 0.387 e. The fourth-order valence-corrected chi connectivity index (χ4v) is 4.12. The van der Waals surface area contributed by atoms with Gasteiger partial charge in [-0.25, -0.2) is 0 Å². The van der Waals surface area contributed by atoms with Crippen molar-refractivity contribution in [3.8, 4) is 5.75 Å². The number of hydrogen-bond acceptors (Lipinski definition) is 4. The molecule has 1 aromatic rings. The smallest absolute Gasteiger partial charge is 0.387 e. The second-order valence-electron chi connectivity index (χ2n) is 7.72. The molecule has 160 valence electrons. The summed E-state index contributed by atoms with van der Waals surface area (Å²) in [5.41, 5.74) is 0.601. The first-order chi connectivity index (χ1) is 14.0. The predicted molar refractivity (Wildman–Crippen MR) is 106 cm³/mol. The third kappa shape index (κ3) is 6.30. The van der Waals surface area contributed by atoms with Crippen LogP contribution in [0.15, 0.2) is 24.3 Å². The molecule has 1 heterocycles. The van der Waals surface area contributed by atoms with Gasteiger partial charge in [0.25, 0.3) is 0 Å². The van der Waals surface area contributed by atoms with E-state index in [1.54, 1.807) is 18.2 Å². The fourth-order valence-electron chi connectivity index (χ4n) is 4.12. The van der Waals surface area contributed by atoms with Crippen LogP contribution in [0.3, 0.4) is 0 Å². The number of carbonyl (C=O) groups is 2. The minimum atomic E-state index is -2.88. The van der Waals surface area contributed by atoms with E-state index in [0.717, 1.165) is 32.1 Å². The molecule has 1 saturated heterocycles. The summed E-state index contributed by atoms with van der Waals surface area (Å²) in [6.45, 7) is -1.36. The molecule has 1 saturated carbocycles. The molecular formula is C21H29F2N3O3. The van der Waals surface area contributed by atoms with Crippen molar-refractivity contribution >= 4 is 17.5 Å². The first-order valence-electron chi connectivity index (χ1n) is 10.4. The van der Waals surface area contributed by atoms with Gasteiger partial charge < -0.3 is 20.3 Å². The van der Waals surface area contributed by atoms with Gasteiger partial charge in [0.1, 0.15) is 5.75 Å². The molecule has 0 bridgehead atoms. The monoisotopic (exact) mass is 409 g/mol. The summed E-state index contributed by atoms with van der Waals surface area (Å²) in [6, 6.07) is 6.62. The lowest BCUT2D eigenvalue weighted by molar-refractivity contribution is -0.126. The Bertz CT molecular complexity index is 696. The quantitative estimate of drug-likeness (QED) is 0.692. The van der Waals surface area contributed by atoms with Gasteiger partial charge in [-0.2, -0.15) is 8.78 Å². The summed E-state index contributed by atoms with van der Waals surface area (Å²) in [6.07, 6.45) is 6.23. The van der Waals surface area contributed by atoms with E-state index < -0.39 is 6.61 Å². The number of benzene rings is 1. The van der Waals surface area contributed by atoms with Crippen LogP contribution in [0, 0.1) is 5.92 Å². The minimum absolute atomic E-state index is 0.0557. The van der Waals surface area contributed by atoms with Crippen LogP contribution >= 0.6 is 0 Å². The second-order valence-corrected chi connectivity index (χ2v) is 7.72. The lowest BCUT2D eigenvalue weighted by Crippen LogP contribution is -2.39. The highest BCUT2D eigenvalue weighted by Gasteiger charge is 2.26. The molecular weight excluding hydrogens is 380 g/mol. The molecule has 1 unspecified atom stereocenters. The number of anilines is 1. The number of para-hydroxylation sites is 2. The zero-order valence-corrected chi connectivity index (χ0v) is 16.5. The number of nitrogens with one attached hydrogen (secondary N) is 2. The third-order valence-corrected chi connectivity index (χ3v) is 5.60. The molecule has 29 heavy (non-hydrogen) atoms. The van der Waals surface area contributed by atoms with Gasteiger partial charge in [0.2, 0.25) is 11.8 Å². The number of carbonyl (C=O) groups excluding carboxylic acids is 2. The lowest BCUT2D eigenvalue weighted by Gasteiger charge is -2.22. The summed E-state index contributed by atoms with van der Waals surface area (Å²) < 4.78 is 29.8. The topological polar surface area (TPSA) is 70.7 Å². The van der Waals surface area contributed by atoms with Crippen LogP contribution in [-0.2, 0) is 9.59 Å². The van der Waals surface area contributed by atoms with Gasteiger partial charge in [0.15, 0.2) is 0 Å². The Morgan fingerprint density at radius 3 is 2.66 bits per heavy atom. The summed E-state index contributed by atoms with van der Waals surface area (Å²) in [5.74, 6) is 0.170. The lowest BCUT2D eigenvalue weighted by atomic mass is 9.89. The molecule has 2 aliphatic rings. The van der Waals surface area contributed by atoms with Crippen molar-refractivity contribution < 1.29 is 23.1 Å². The number of nitrogens with zero attached hydrogens (tertiary/aromatic N) is 1. The Balaban J connectivity index is 1.40. The molecule has 2 N–H and O–H groups in total. The molecule has 3 rings (SSSR count). The maximum absolute atomic E-state index is 12.6. The van der Waals surface area contributed by atoms with E-state index in [1.807, 2.05) is 4.90 Å². The van der Waals surface area contributed by atoms with E-state index in [4.69, 9.17) is 0 Å². The number of rotatable bonds is 8. The average molecular weight is 409 g/mol. The fraction of sp³-hybridized carbons (Fsp3) is 0.619. The third-order valence-electron chi connectivity index (χ3n) is 5.60. The van der Waals surface area contributed by atoms with E-state index >= 15 is 0 Å². The molecule has 2 amide bonds. The molecule has 1 aromatic carbocycles. The Hall–Kier alpha value is -2.38. The van der Waals surface area contributed by atoms with Gasteiger partial charge in [-0.05, 0) is 31.4 Å². The van der Waals surface area contributed by atoms with Crippen LogP contribution in [0.25, 0.3) is 0 Å². The van der Waals surface area contributed by atoms with Crippen LogP contribution in [0.2, 0.25) is 0 Å². The van der Waals surface area contributed by atoms with Gasteiger partial charge in [-0.3, -0.25) is 9.59 Å². The van der Waals surface area contributed by atoms with E-state index in [1.165, 1.54) is 12.5 Å². The number of hydrogen-bond donors (Lipinski definition) is 2. The van der Waals surface area contributed by atoms with Crippen molar-refractivity contribution in [2.24, 2.45) is 5.92 Å². The second kappa shape index (κ2) is 10.4. The molecule has 6 nitrogen and oxygen atoms in total. The Kier molecular flexibility index (Phi) is 7.66. The highest BCUT2D eigenvalue weighted by Crippen LogP contribution is 2.31. The molecule has 8 heteroatoms. The van der Waals surface area contributed by atoms with Gasteiger partial charge in [-0.1, -0.05) is 31.4 Å². The van der Waals surface area contributed by atoms with Gasteiger partial charge in [0, 0.05) is 38.0 Å².